The van der Waals surface area contributed by atoms with Gasteiger partial charge in [0.05, 0.1) is 11.9 Å². The minimum absolute atomic E-state index is 0.0867. The lowest BCUT2D eigenvalue weighted by molar-refractivity contribution is -0.905. The topological polar surface area (TPSA) is 45.1 Å². The van der Waals surface area contributed by atoms with Crippen LogP contribution in [-0.2, 0) is 11.2 Å². The second kappa shape index (κ2) is 8.45. The highest BCUT2D eigenvalue weighted by Gasteiger charge is 2.31. The van der Waals surface area contributed by atoms with Gasteiger partial charge in [-0.3, -0.25) is 9.59 Å². The maximum absolute atomic E-state index is 12.9. The van der Waals surface area contributed by atoms with Crippen molar-refractivity contribution in [3.8, 4) is 0 Å². The summed E-state index contributed by atoms with van der Waals surface area (Å²) in [5.74, 6) is 0.285. The number of quaternary nitrogens is 1. The number of hydrogen-bond donors (Lipinski definition) is 1. The first-order chi connectivity index (χ1) is 13.6. The Labute approximate surface area is 170 Å². The van der Waals surface area contributed by atoms with Crippen LogP contribution < -0.4 is 4.90 Å². The molecule has 2 atom stereocenters. The Morgan fingerprint density at radius 2 is 1.82 bits per heavy atom. The van der Waals surface area contributed by atoms with Gasteiger partial charge in [-0.15, -0.1) is 11.3 Å². The van der Waals surface area contributed by atoms with Gasteiger partial charge in [-0.05, 0) is 29.9 Å². The molecule has 28 heavy (non-hydrogen) atoms. The van der Waals surface area contributed by atoms with Crippen LogP contribution in [0.1, 0.15) is 39.7 Å². The molecule has 148 valence electrons. The van der Waals surface area contributed by atoms with Crippen molar-refractivity contribution in [1.29, 1.82) is 0 Å². The van der Waals surface area contributed by atoms with Crippen molar-refractivity contribution in [2.24, 2.45) is 0 Å². The molecule has 2 heterocycles. The summed E-state index contributed by atoms with van der Waals surface area (Å²) in [7, 11) is 2.14. The van der Waals surface area contributed by atoms with Gasteiger partial charge in [0.2, 0.25) is 0 Å². The van der Waals surface area contributed by atoms with Crippen LogP contribution in [0.4, 0.5) is 0 Å². The van der Waals surface area contributed by atoms with Crippen LogP contribution in [0.3, 0.4) is 0 Å². The number of fused-ring (bicyclic) bond motifs is 1. The second-order valence-corrected chi connectivity index (χ2v) is 8.76. The highest BCUT2D eigenvalue weighted by atomic mass is 32.1. The van der Waals surface area contributed by atoms with Gasteiger partial charge in [0, 0.05) is 38.2 Å². The van der Waals surface area contributed by atoms with Crippen LogP contribution in [0.5, 0.6) is 0 Å². The number of piperazine rings is 1. The number of rotatable bonds is 4. The van der Waals surface area contributed by atoms with Crippen LogP contribution in [0.2, 0.25) is 0 Å². The SMILES string of the molecule is C[NH+](CC(=O)N1CCN(C(=O)c2cccs2)CC1)[C@H]1CCCc2ccccc21. The Morgan fingerprint density at radius 1 is 1.07 bits per heavy atom. The molecular weight excluding hydrogens is 370 g/mol. The zero-order valence-electron chi connectivity index (χ0n) is 16.4. The predicted octanol–water partition coefficient (Wildman–Crippen LogP) is 1.62. The molecule has 2 aliphatic rings. The van der Waals surface area contributed by atoms with E-state index < -0.39 is 0 Å². The van der Waals surface area contributed by atoms with Crippen LogP contribution in [0.15, 0.2) is 41.8 Å². The summed E-state index contributed by atoms with van der Waals surface area (Å²) >= 11 is 1.48. The number of hydrogen-bond acceptors (Lipinski definition) is 3. The molecule has 5 nitrogen and oxygen atoms in total. The van der Waals surface area contributed by atoms with E-state index in [-0.39, 0.29) is 11.8 Å². The van der Waals surface area contributed by atoms with Gasteiger partial charge in [0.1, 0.15) is 6.04 Å². The lowest BCUT2D eigenvalue weighted by Crippen LogP contribution is -3.10. The van der Waals surface area contributed by atoms with E-state index in [9.17, 15) is 9.59 Å². The monoisotopic (exact) mass is 398 g/mol. The number of amides is 2. The molecule has 4 rings (SSSR count). The Hall–Kier alpha value is -2.18. The standard InChI is InChI=1S/C22H27N3O2S/c1-23(19-9-4-7-17-6-2-3-8-18(17)19)16-21(26)24-11-13-25(14-12-24)22(27)20-10-5-15-28-20/h2-3,5-6,8,10,15,19H,4,7,9,11-14,16H2,1H3/p+1/t19-/m0/s1. The fourth-order valence-electron chi connectivity index (χ4n) is 4.45. The van der Waals surface area contributed by atoms with Crippen LogP contribution in [-0.4, -0.2) is 61.4 Å². The molecule has 1 saturated heterocycles. The Morgan fingerprint density at radius 3 is 2.57 bits per heavy atom. The molecule has 1 unspecified atom stereocenters. The molecular formula is C22H28N3O2S+. The van der Waals surface area contributed by atoms with Gasteiger partial charge in [-0.25, -0.2) is 0 Å². The first-order valence-electron chi connectivity index (χ1n) is 10.1. The van der Waals surface area contributed by atoms with Crippen molar-refractivity contribution in [2.45, 2.75) is 25.3 Å². The first-order valence-corrected chi connectivity index (χ1v) is 11.0. The molecule has 1 fully saturated rings. The molecule has 0 bridgehead atoms. The Balaban J connectivity index is 1.32. The number of likely N-dealkylation sites (N-methyl/N-ethyl adjacent to an activating group) is 1. The minimum Gasteiger partial charge on any atom is -0.334 e. The molecule has 1 aliphatic carbocycles. The Kier molecular flexibility index (Phi) is 5.78. The zero-order chi connectivity index (χ0) is 19.5. The summed E-state index contributed by atoms with van der Waals surface area (Å²) in [6.45, 7) is 3.01. The molecule has 2 aromatic rings. The summed E-state index contributed by atoms with van der Waals surface area (Å²) in [5.41, 5.74) is 2.84. The molecule has 0 saturated carbocycles. The molecule has 2 amide bonds. The molecule has 1 N–H and O–H groups in total. The van der Waals surface area contributed by atoms with Gasteiger partial charge in [0.25, 0.3) is 11.8 Å². The van der Waals surface area contributed by atoms with Crippen LogP contribution in [0, 0.1) is 0 Å². The molecule has 0 spiro atoms. The average Bonchev–Trinajstić information content (AvgIpc) is 3.27. The maximum atomic E-state index is 12.9. The Bertz CT molecular complexity index is 828. The van der Waals surface area contributed by atoms with Gasteiger partial charge in [-0.1, -0.05) is 30.3 Å². The van der Waals surface area contributed by atoms with Crippen molar-refractivity contribution in [1.82, 2.24) is 9.80 Å². The van der Waals surface area contributed by atoms with Crippen molar-refractivity contribution >= 4 is 23.2 Å². The summed E-state index contributed by atoms with van der Waals surface area (Å²) in [5, 5.41) is 1.93. The summed E-state index contributed by atoms with van der Waals surface area (Å²) < 4.78 is 0. The first kappa shape index (κ1) is 19.2. The number of thiophene rings is 1. The van der Waals surface area contributed by atoms with Gasteiger partial charge in [0.15, 0.2) is 6.54 Å². The highest BCUT2D eigenvalue weighted by Crippen LogP contribution is 2.27. The third kappa shape index (κ3) is 3.98. The van der Waals surface area contributed by atoms with Crippen molar-refractivity contribution in [3.05, 3.63) is 57.8 Å². The normalized spacial score (nSPS) is 20.5. The number of benzene rings is 1. The number of aryl methyl sites for hydroxylation is 1. The van der Waals surface area contributed by atoms with Crippen LogP contribution in [0.25, 0.3) is 0 Å². The van der Waals surface area contributed by atoms with E-state index in [0.29, 0.717) is 38.8 Å². The minimum atomic E-state index is 0.0867. The van der Waals surface area contributed by atoms with Crippen LogP contribution >= 0.6 is 11.3 Å². The molecule has 1 aliphatic heterocycles. The molecule has 0 radical (unpaired) electrons. The number of carbonyl (C=O) groups is 2. The van der Waals surface area contributed by atoms with E-state index in [1.54, 1.807) is 0 Å². The van der Waals surface area contributed by atoms with E-state index in [0.717, 1.165) is 17.7 Å². The summed E-state index contributed by atoms with van der Waals surface area (Å²) in [4.78, 5) is 31.2. The lowest BCUT2D eigenvalue weighted by atomic mass is 9.87. The fraction of sp³-hybridized carbons (Fsp3) is 0.455. The summed E-state index contributed by atoms with van der Waals surface area (Å²) in [6.07, 6.45) is 3.48. The van der Waals surface area contributed by atoms with E-state index in [1.807, 2.05) is 27.3 Å². The predicted molar refractivity (Wildman–Crippen MR) is 111 cm³/mol. The van der Waals surface area contributed by atoms with Crippen molar-refractivity contribution in [2.75, 3.05) is 39.8 Å². The number of carbonyl (C=O) groups excluding carboxylic acids is 2. The lowest BCUT2D eigenvalue weighted by Gasteiger charge is -2.36. The number of nitrogens with one attached hydrogen (secondary N) is 1. The zero-order valence-corrected chi connectivity index (χ0v) is 17.2. The van der Waals surface area contributed by atoms with E-state index in [4.69, 9.17) is 0 Å². The van der Waals surface area contributed by atoms with E-state index in [1.165, 1.54) is 33.8 Å². The van der Waals surface area contributed by atoms with Gasteiger partial charge < -0.3 is 14.7 Å². The molecule has 1 aromatic carbocycles. The third-order valence-corrected chi connectivity index (χ3v) is 6.90. The quantitative estimate of drug-likeness (QED) is 0.851. The van der Waals surface area contributed by atoms with Gasteiger partial charge >= 0.3 is 0 Å². The maximum Gasteiger partial charge on any atom is 0.277 e. The van der Waals surface area contributed by atoms with Crippen molar-refractivity contribution in [3.63, 3.8) is 0 Å². The summed E-state index contributed by atoms with van der Waals surface area (Å²) in [6, 6.07) is 12.8. The molecule has 1 aromatic heterocycles. The fourth-order valence-corrected chi connectivity index (χ4v) is 5.15. The second-order valence-electron chi connectivity index (χ2n) is 7.82. The van der Waals surface area contributed by atoms with E-state index >= 15 is 0 Å². The smallest absolute Gasteiger partial charge is 0.277 e. The number of nitrogens with zero attached hydrogens (tertiary/aromatic N) is 2. The third-order valence-electron chi connectivity index (χ3n) is 6.05. The van der Waals surface area contributed by atoms with Crippen molar-refractivity contribution < 1.29 is 14.5 Å². The highest BCUT2D eigenvalue weighted by molar-refractivity contribution is 7.12. The average molecular weight is 399 g/mol. The van der Waals surface area contributed by atoms with Gasteiger partial charge in [-0.2, -0.15) is 0 Å². The molecule has 6 heteroatoms. The largest absolute Gasteiger partial charge is 0.334 e. The van der Waals surface area contributed by atoms with E-state index in [2.05, 4.69) is 31.3 Å².